The first-order valence-electron chi connectivity index (χ1n) is 8.39. The number of carbonyl (C=O) groups is 1. The number of amides is 1. The standard InChI is InChI=1S/C17H20N2O5S3/c1-26(21,22)14-7-5-6-13(12-14)18-17(20)16-15(8-11-25-16)27(23,24)19-9-3-2-4-10-19/h5-8,11-12H,2-4,9-10H2,1H3,(H,18,20). The van der Waals surface area contributed by atoms with Crippen LogP contribution in [-0.4, -0.2) is 46.4 Å². The highest BCUT2D eigenvalue weighted by Gasteiger charge is 2.31. The van der Waals surface area contributed by atoms with Gasteiger partial charge in [0, 0.05) is 25.0 Å². The monoisotopic (exact) mass is 428 g/mol. The zero-order valence-corrected chi connectivity index (χ0v) is 17.2. The maximum atomic E-state index is 12.9. The Morgan fingerprint density at radius 3 is 2.44 bits per heavy atom. The third kappa shape index (κ3) is 4.40. The van der Waals surface area contributed by atoms with E-state index in [1.54, 1.807) is 11.4 Å². The van der Waals surface area contributed by atoms with Gasteiger partial charge in [-0.1, -0.05) is 12.5 Å². The Kier molecular flexibility index (Phi) is 5.71. The Bertz CT molecular complexity index is 1050. The molecule has 0 radical (unpaired) electrons. The third-order valence-electron chi connectivity index (χ3n) is 4.29. The number of rotatable bonds is 5. The summed E-state index contributed by atoms with van der Waals surface area (Å²) in [5.41, 5.74) is 0.289. The minimum Gasteiger partial charge on any atom is -0.321 e. The number of nitrogens with one attached hydrogen (secondary N) is 1. The van der Waals surface area contributed by atoms with Crippen LogP contribution in [0.5, 0.6) is 0 Å². The van der Waals surface area contributed by atoms with Crippen molar-refractivity contribution in [2.24, 2.45) is 0 Å². The van der Waals surface area contributed by atoms with Crippen molar-refractivity contribution in [1.29, 1.82) is 0 Å². The summed E-state index contributed by atoms with van der Waals surface area (Å²) in [6.45, 7) is 0.908. The molecule has 1 aromatic heterocycles. The van der Waals surface area contributed by atoms with Gasteiger partial charge in [-0.25, -0.2) is 16.8 Å². The molecule has 1 aromatic carbocycles. The third-order valence-corrected chi connectivity index (χ3v) is 8.38. The maximum absolute atomic E-state index is 12.9. The van der Waals surface area contributed by atoms with Crippen LogP contribution in [0.25, 0.3) is 0 Å². The van der Waals surface area contributed by atoms with E-state index in [1.807, 2.05) is 0 Å². The van der Waals surface area contributed by atoms with Crippen molar-refractivity contribution in [1.82, 2.24) is 4.31 Å². The summed E-state index contributed by atoms with van der Waals surface area (Å²) < 4.78 is 50.5. The lowest BCUT2D eigenvalue weighted by Gasteiger charge is -2.25. The summed E-state index contributed by atoms with van der Waals surface area (Å²) in [5.74, 6) is -0.578. The fourth-order valence-corrected chi connectivity index (χ4v) is 6.38. The van der Waals surface area contributed by atoms with Crippen LogP contribution in [0.15, 0.2) is 45.5 Å². The number of hydrogen-bond donors (Lipinski definition) is 1. The van der Waals surface area contributed by atoms with E-state index < -0.39 is 25.8 Å². The minimum atomic E-state index is -3.73. The number of nitrogens with zero attached hydrogens (tertiary/aromatic N) is 1. The highest BCUT2D eigenvalue weighted by molar-refractivity contribution is 7.90. The molecule has 1 saturated heterocycles. The van der Waals surface area contributed by atoms with E-state index in [4.69, 9.17) is 0 Å². The SMILES string of the molecule is CS(=O)(=O)c1cccc(NC(=O)c2sccc2S(=O)(=O)N2CCCCC2)c1. The van der Waals surface area contributed by atoms with Crippen LogP contribution >= 0.6 is 11.3 Å². The fourth-order valence-electron chi connectivity index (χ4n) is 2.90. The first-order valence-corrected chi connectivity index (χ1v) is 12.6. The Labute approximate surface area is 163 Å². The highest BCUT2D eigenvalue weighted by Crippen LogP contribution is 2.28. The van der Waals surface area contributed by atoms with Gasteiger partial charge in [-0.3, -0.25) is 4.79 Å². The van der Waals surface area contributed by atoms with Gasteiger partial charge in [0.2, 0.25) is 10.0 Å². The lowest BCUT2D eigenvalue weighted by atomic mass is 10.2. The largest absolute Gasteiger partial charge is 0.321 e. The molecule has 1 fully saturated rings. The Morgan fingerprint density at radius 1 is 1.07 bits per heavy atom. The van der Waals surface area contributed by atoms with E-state index >= 15 is 0 Å². The highest BCUT2D eigenvalue weighted by atomic mass is 32.2. The Morgan fingerprint density at radius 2 is 1.78 bits per heavy atom. The zero-order valence-electron chi connectivity index (χ0n) is 14.7. The summed E-state index contributed by atoms with van der Waals surface area (Å²) in [5, 5.41) is 4.16. The quantitative estimate of drug-likeness (QED) is 0.789. The van der Waals surface area contributed by atoms with Crippen LogP contribution in [0.2, 0.25) is 0 Å². The molecule has 1 N–H and O–H groups in total. The molecule has 0 aliphatic carbocycles. The molecule has 10 heteroatoms. The number of benzene rings is 1. The summed E-state index contributed by atoms with van der Waals surface area (Å²) in [7, 11) is -7.14. The Balaban J connectivity index is 1.86. The molecule has 2 aromatic rings. The molecule has 0 atom stereocenters. The lowest BCUT2D eigenvalue weighted by molar-refractivity contribution is 0.102. The van der Waals surface area contributed by atoms with Gasteiger partial charge in [0.1, 0.15) is 9.77 Å². The van der Waals surface area contributed by atoms with Crippen LogP contribution in [0, 0.1) is 0 Å². The first kappa shape index (κ1) is 20.0. The molecule has 3 rings (SSSR count). The minimum absolute atomic E-state index is 0.00818. The molecule has 0 spiro atoms. The second kappa shape index (κ2) is 7.70. The van der Waals surface area contributed by atoms with Crippen molar-refractivity contribution < 1.29 is 21.6 Å². The van der Waals surface area contributed by atoms with E-state index in [9.17, 15) is 21.6 Å². The fraction of sp³-hybridized carbons (Fsp3) is 0.353. The average Bonchev–Trinajstić information content (AvgIpc) is 3.13. The van der Waals surface area contributed by atoms with Gasteiger partial charge in [-0.15, -0.1) is 11.3 Å². The van der Waals surface area contributed by atoms with Crippen LogP contribution < -0.4 is 5.32 Å². The zero-order chi connectivity index (χ0) is 19.7. The number of anilines is 1. The van der Waals surface area contributed by atoms with Gasteiger partial charge >= 0.3 is 0 Å². The van der Waals surface area contributed by atoms with Gasteiger partial charge in [-0.2, -0.15) is 4.31 Å². The molecule has 27 heavy (non-hydrogen) atoms. The molecular formula is C17H20N2O5S3. The van der Waals surface area contributed by atoms with Crippen molar-refractivity contribution >= 4 is 42.8 Å². The van der Waals surface area contributed by atoms with Crippen LogP contribution in [0.4, 0.5) is 5.69 Å². The van der Waals surface area contributed by atoms with Crippen molar-refractivity contribution in [3.05, 3.63) is 40.6 Å². The van der Waals surface area contributed by atoms with Gasteiger partial charge in [0.25, 0.3) is 5.91 Å². The number of sulfonamides is 1. The molecular weight excluding hydrogens is 408 g/mol. The molecule has 2 heterocycles. The van der Waals surface area contributed by atoms with Crippen molar-refractivity contribution in [2.45, 2.75) is 29.1 Å². The van der Waals surface area contributed by atoms with E-state index in [2.05, 4.69) is 5.32 Å². The van der Waals surface area contributed by atoms with Crippen molar-refractivity contribution in [3.63, 3.8) is 0 Å². The topological polar surface area (TPSA) is 101 Å². The number of piperidine rings is 1. The molecule has 1 aliphatic rings. The van der Waals surface area contributed by atoms with Gasteiger partial charge in [0.15, 0.2) is 9.84 Å². The van der Waals surface area contributed by atoms with E-state index in [0.29, 0.717) is 13.1 Å². The normalized spacial score (nSPS) is 16.2. The molecule has 0 unspecified atom stereocenters. The van der Waals surface area contributed by atoms with Crippen molar-refractivity contribution in [2.75, 3.05) is 24.7 Å². The van der Waals surface area contributed by atoms with E-state index in [0.717, 1.165) is 36.9 Å². The average molecular weight is 429 g/mol. The summed E-state index contributed by atoms with van der Waals surface area (Å²) in [6, 6.07) is 7.29. The summed E-state index contributed by atoms with van der Waals surface area (Å²) >= 11 is 1.04. The van der Waals surface area contributed by atoms with Crippen LogP contribution in [0.3, 0.4) is 0 Å². The summed E-state index contributed by atoms with van der Waals surface area (Å²) in [6.07, 6.45) is 3.70. The predicted molar refractivity (Wildman–Crippen MR) is 104 cm³/mol. The molecule has 1 aliphatic heterocycles. The van der Waals surface area contributed by atoms with E-state index in [1.165, 1.54) is 28.6 Å². The molecule has 0 saturated carbocycles. The number of hydrogen-bond acceptors (Lipinski definition) is 6. The molecule has 7 nitrogen and oxygen atoms in total. The second-order valence-corrected chi connectivity index (χ2v) is 11.2. The molecule has 1 amide bonds. The van der Waals surface area contributed by atoms with Crippen molar-refractivity contribution in [3.8, 4) is 0 Å². The van der Waals surface area contributed by atoms with Gasteiger partial charge < -0.3 is 5.32 Å². The Hall–Kier alpha value is -1.75. The van der Waals surface area contributed by atoms with Gasteiger partial charge in [0.05, 0.1) is 4.90 Å². The predicted octanol–water partition coefficient (Wildman–Crippen LogP) is 2.58. The smallest absolute Gasteiger partial charge is 0.267 e. The number of thiophene rings is 1. The first-order chi connectivity index (χ1) is 12.7. The summed E-state index contributed by atoms with van der Waals surface area (Å²) in [4.78, 5) is 12.8. The second-order valence-electron chi connectivity index (χ2n) is 6.33. The number of carbonyl (C=O) groups excluding carboxylic acids is 1. The maximum Gasteiger partial charge on any atom is 0.267 e. The molecule has 0 bridgehead atoms. The molecule has 146 valence electrons. The van der Waals surface area contributed by atoms with Crippen LogP contribution in [0.1, 0.15) is 28.9 Å². The number of sulfone groups is 1. The van der Waals surface area contributed by atoms with Crippen LogP contribution in [-0.2, 0) is 19.9 Å². The van der Waals surface area contributed by atoms with Gasteiger partial charge in [-0.05, 0) is 42.5 Å². The lowest BCUT2D eigenvalue weighted by Crippen LogP contribution is -2.36. The van der Waals surface area contributed by atoms with E-state index in [-0.39, 0.29) is 20.4 Å².